The van der Waals surface area contributed by atoms with Crippen LogP contribution in [0.3, 0.4) is 0 Å². The van der Waals surface area contributed by atoms with E-state index in [0.717, 1.165) is 5.56 Å². The molecule has 1 rings (SSSR count). The van der Waals surface area contributed by atoms with E-state index < -0.39 is 6.23 Å². The second-order valence-corrected chi connectivity index (χ2v) is 2.44. The maximum atomic E-state index is 10.5. The summed E-state index contributed by atoms with van der Waals surface area (Å²) >= 11 is 0. The van der Waals surface area contributed by atoms with Crippen molar-refractivity contribution in [3.63, 3.8) is 0 Å². The highest BCUT2D eigenvalue weighted by Gasteiger charge is 2.06. The molecule has 0 aromatic heterocycles. The van der Waals surface area contributed by atoms with Crippen LogP contribution in [0.25, 0.3) is 0 Å². The Labute approximate surface area is 71.1 Å². The van der Waals surface area contributed by atoms with E-state index in [0.29, 0.717) is 0 Å². The van der Waals surface area contributed by atoms with Crippen LogP contribution in [0.1, 0.15) is 18.7 Å². The Balaban J connectivity index is 2.65. The first-order chi connectivity index (χ1) is 5.70. The maximum absolute atomic E-state index is 10.5. The highest BCUT2D eigenvalue weighted by atomic mass is 16.5. The zero-order valence-corrected chi connectivity index (χ0v) is 6.86. The van der Waals surface area contributed by atoms with Gasteiger partial charge in [0.05, 0.1) is 0 Å². The Bertz CT molecular complexity index is 258. The van der Waals surface area contributed by atoms with Crippen molar-refractivity contribution in [1.82, 2.24) is 0 Å². The first-order valence-electron chi connectivity index (χ1n) is 3.68. The molecule has 0 aliphatic carbocycles. The summed E-state index contributed by atoms with van der Waals surface area (Å²) in [5.41, 5.74) is 6.35. The van der Waals surface area contributed by atoms with E-state index >= 15 is 0 Å². The molecule has 1 aromatic carbocycles. The maximum Gasteiger partial charge on any atom is 0.304 e. The predicted molar refractivity (Wildman–Crippen MR) is 45.1 cm³/mol. The number of benzene rings is 1. The largest absolute Gasteiger partial charge is 0.443 e. The summed E-state index contributed by atoms with van der Waals surface area (Å²) in [7, 11) is 0. The average Bonchev–Trinajstić information content (AvgIpc) is 2.05. The molecule has 0 amide bonds. The van der Waals surface area contributed by atoms with Gasteiger partial charge in [-0.05, 0) is 0 Å². The molecule has 1 aromatic rings. The predicted octanol–water partition coefficient (Wildman–Crippen LogP) is 1.21. The van der Waals surface area contributed by atoms with Crippen molar-refractivity contribution in [3.05, 3.63) is 35.9 Å². The van der Waals surface area contributed by atoms with E-state index in [4.69, 9.17) is 10.5 Å². The van der Waals surface area contributed by atoms with Crippen molar-refractivity contribution in [2.24, 2.45) is 5.73 Å². The molecule has 0 spiro atoms. The van der Waals surface area contributed by atoms with E-state index in [-0.39, 0.29) is 5.97 Å². The SMILES string of the molecule is CC(=O)OC(N)c1ccccc1. The lowest BCUT2D eigenvalue weighted by Crippen LogP contribution is -2.16. The van der Waals surface area contributed by atoms with Crippen LogP contribution in [0, 0.1) is 0 Å². The molecule has 0 aliphatic heterocycles. The van der Waals surface area contributed by atoms with Gasteiger partial charge in [0, 0.05) is 12.5 Å². The first-order valence-corrected chi connectivity index (χ1v) is 3.68. The third kappa shape index (κ3) is 2.36. The summed E-state index contributed by atoms with van der Waals surface area (Å²) in [4.78, 5) is 10.5. The highest BCUT2D eigenvalue weighted by Crippen LogP contribution is 2.10. The van der Waals surface area contributed by atoms with E-state index in [1.807, 2.05) is 30.3 Å². The molecule has 0 aliphatic rings. The minimum atomic E-state index is -0.649. The first kappa shape index (κ1) is 8.74. The topological polar surface area (TPSA) is 52.3 Å². The monoisotopic (exact) mass is 165 g/mol. The van der Waals surface area contributed by atoms with Crippen LogP contribution < -0.4 is 5.73 Å². The van der Waals surface area contributed by atoms with Gasteiger partial charge < -0.3 is 4.74 Å². The molecule has 2 N–H and O–H groups in total. The van der Waals surface area contributed by atoms with E-state index in [1.165, 1.54) is 6.92 Å². The molecule has 3 nitrogen and oxygen atoms in total. The minimum Gasteiger partial charge on any atom is -0.443 e. The molecule has 3 heteroatoms. The third-order valence-electron chi connectivity index (χ3n) is 1.42. The van der Waals surface area contributed by atoms with E-state index in [9.17, 15) is 4.79 Å². The molecule has 0 saturated carbocycles. The Morgan fingerprint density at radius 1 is 1.42 bits per heavy atom. The summed E-state index contributed by atoms with van der Waals surface area (Å²) in [6.45, 7) is 1.34. The summed E-state index contributed by atoms with van der Waals surface area (Å²) in [5.74, 6) is -0.369. The Kier molecular flexibility index (Phi) is 2.82. The van der Waals surface area contributed by atoms with Gasteiger partial charge in [-0.1, -0.05) is 30.3 Å². The number of carbonyl (C=O) groups excluding carboxylic acids is 1. The van der Waals surface area contributed by atoms with Crippen LogP contribution in [0.4, 0.5) is 0 Å². The number of esters is 1. The molecule has 0 fully saturated rings. The Morgan fingerprint density at radius 2 is 2.00 bits per heavy atom. The summed E-state index contributed by atoms with van der Waals surface area (Å²) in [6.07, 6.45) is -0.649. The van der Waals surface area contributed by atoms with Crippen molar-refractivity contribution in [2.75, 3.05) is 0 Å². The Morgan fingerprint density at radius 3 is 2.50 bits per heavy atom. The number of rotatable bonds is 2. The van der Waals surface area contributed by atoms with Gasteiger partial charge >= 0.3 is 5.97 Å². The molecule has 0 heterocycles. The summed E-state index contributed by atoms with van der Waals surface area (Å²) in [6, 6.07) is 9.20. The number of hydrogen-bond acceptors (Lipinski definition) is 3. The van der Waals surface area contributed by atoms with Gasteiger partial charge in [0.15, 0.2) is 6.23 Å². The number of nitrogens with two attached hydrogens (primary N) is 1. The van der Waals surface area contributed by atoms with Crippen LogP contribution in [-0.2, 0) is 9.53 Å². The fourth-order valence-electron chi connectivity index (χ4n) is 0.890. The zero-order valence-electron chi connectivity index (χ0n) is 6.86. The lowest BCUT2D eigenvalue weighted by molar-refractivity contribution is -0.146. The second kappa shape index (κ2) is 3.88. The molecule has 0 radical (unpaired) electrons. The van der Waals surface area contributed by atoms with E-state index in [2.05, 4.69) is 0 Å². The van der Waals surface area contributed by atoms with Crippen molar-refractivity contribution < 1.29 is 9.53 Å². The van der Waals surface area contributed by atoms with E-state index in [1.54, 1.807) is 0 Å². The normalized spacial score (nSPS) is 12.2. The van der Waals surface area contributed by atoms with Crippen LogP contribution in [0.15, 0.2) is 30.3 Å². The number of carbonyl (C=O) groups is 1. The quantitative estimate of drug-likeness (QED) is 0.529. The zero-order chi connectivity index (χ0) is 8.97. The van der Waals surface area contributed by atoms with Gasteiger partial charge in [-0.25, -0.2) is 0 Å². The number of ether oxygens (including phenoxy) is 1. The lowest BCUT2D eigenvalue weighted by Gasteiger charge is -2.10. The summed E-state index contributed by atoms with van der Waals surface area (Å²) in [5, 5.41) is 0. The minimum absolute atomic E-state index is 0.369. The molecule has 64 valence electrons. The molecule has 1 atom stereocenters. The van der Waals surface area contributed by atoms with Crippen molar-refractivity contribution in [1.29, 1.82) is 0 Å². The number of hydrogen-bond donors (Lipinski definition) is 1. The van der Waals surface area contributed by atoms with Gasteiger partial charge in [-0.2, -0.15) is 0 Å². The summed E-state index contributed by atoms with van der Waals surface area (Å²) < 4.78 is 4.78. The van der Waals surface area contributed by atoms with Gasteiger partial charge in [0.25, 0.3) is 0 Å². The van der Waals surface area contributed by atoms with Gasteiger partial charge in [0.1, 0.15) is 0 Å². The van der Waals surface area contributed by atoms with Gasteiger partial charge in [-0.3, -0.25) is 10.5 Å². The van der Waals surface area contributed by atoms with Crippen molar-refractivity contribution in [3.8, 4) is 0 Å². The highest BCUT2D eigenvalue weighted by molar-refractivity contribution is 5.66. The van der Waals surface area contributed by atoms with Crippen molar-refractivity contribution >= 4 is 5.97 Å². The molecule has 0 bridgehead atoms. The van der Waals surface area contributed by atoms with Gasteiger partial charge in [0.2, 0.25) is 0 Å². The molecular weight excluding hydrogens is 154 g/mol. The fraction of sp³-hybridized carbons (Fsp3) is 0.222. The molecule has 12 heavy (non-hydrogen) atoms. The fourth-order valence-corrected chi connectivity index (χ4v) is 0.890. The third-order valence-corrected chi connectivity index (χ3v) is 1.42. The second-order valence-electron chi connectivity index (χ2n) is 2.44. The van der Waals surface area contributed by atoms with Crippen LogP contribution in [0.2, 0.25) is 0 Å². The average molecular weight is 165 g/mol. The molecule has 1 unspecified atom stereocenters. The standard InChI is InChI=1S/C9H11NO2/c1-7(11)12-9(10)8-5-3-2-4-6-8/h2-6,9H,10H2,1H3. The van der Waals surface area contributed by atoms with Gasteiger partial charge in [-0.15, -0.1) is 0 Å². The van der Waals surface area contributed by atoms with Crippen LogP contribution >= 0.6 is 0 Å². The van der Waals surface area contributed by atoms with Crippen molar-refractivity contribution in [2.45, 2.75) is 13.2 Å². The Hall–Kier alpha value is -1.35. The smallest absolute Gasteiger partial charge is 0.304 e. The van der Waals surface area contributed by atoms with Crippen LogP contribution in [0.5, 0.6) is 0 Å². The van der Waals surface area contributed by atoms with Crippen LogP contribution in [-0.4, -0.2) is 5.97 Å². The molecular formula is C9H11NO2. The molecule has 0 saturated heterocycles. The lowest BCUT2D eigenvalue weighted by atomic mass is 10.2.